The van der Waals surface area contributed by atoms with Crippen molar-refractivity contribution in [2.45, 2.75) is 64.5 Å². The zero-order valence-corrected chi connectivity index (χ0v) is 11.3. The second-order valence-electron chi connectivity index (χ2n) is 5.94. The van der Waals surface area contributed by atoms with Crippen molar-refractivity contribution in [1.29, 1.82) is 0 Å². The molecule has 1 aliphatic heterocycles. The van der Waals surface area contributed by atoms with Gasteiger partial charge in [-0.05, 0) is 38.5 Å². The highest BCUT2D eigenvalue weighted by molar-refractivity contribution is 4.96. The lowest BCUT2D eigenvalue weighted by Crippen LogP contribution is -2.63. The van der Waals surface area contributed by atoms with Crippen LogP contribution in [0.4, 0.5) is 0 Å². The van der Waals surface area contributed by atoms with Crippen LogP contribution in [0.25, 0.3) is 0 Å². The molecular weight excluding hydrogens is 196 g/mol. The van der Waals surface area contributed by atoms with Gasteiger partial charge in [-0.3, -0.25) is 4.90 Å². The van der Waals surface area contributed by atoms with Gasteiger partial charge in [0.25, 0.3) is 0 Å². The summed E-state index contributed by atoms with van der Waals surface area (Å²) in [5.74, 6) is 1.01. The number of hydrogen-bond acceptors (Lipinski definition) is 2. The van der Waals surface area contributed by atoms with Crippen molar-refractivity contribution < 1.29 is 0 Å². The van der Waals surface area contributed by atoms with E-state index in [0.717, 1.165) is 12.0 Å². The van der Waals surface area contributed by atoms with Crippen LogP contribution in [0.1, 0.15) is 52.9 Å². The molecule has 1 atom stereocenters. The summed E-state index contributed by atoms with van der Waals surface area (Å²) in [6.45, 7) is 10.8. The zero-order chi connectivity index (χ0) is 11.6. The Morgan fingerprint density at radius 1 is 1.25 bits per heavy atom. The molecule has 2 heteroatoms. The van der Waals surface area contributed by atoms with E-state index in [1.165, 1.54) is 51.7 Å². The Hall–Kier alpha value is -0.0800. The first-order valence-electron chi connectivity index (χ1n) is 7.18. The van der Waals surface area contributed by atoms with Crippen molar-refractivity contribution in [3.63, 3.8) is 0 Å². The Kier molecular flexibility index (Phi) is 3.91. The summed E-state index contributed by atoms with van der Waals surface area (Å²) in [5, 5.41) is 3.78. The molecule has 0 aromatic carbocycles. The summed E-state index contributed by atoms with van der Waals surface area (Å²) in [7, 11) is 0. The van der Waals surface area contributed by atoms with E-state index < -0.39 is 0 Å². The molecule has 0 amide bonds. The number of rotatable bonds is 4. The van der Waals surface area contributed by atoms with Crippen LogP contribution in [0, 0.1) is 5.92 Å². The molecule has 1 unspecified atom stereocenters. The van der Waals surface area contributed by atoms with E-state index in [0.29, 0.717) is 5.54 Å². The largest absolute Gasteiger partial charge is 0.308 e. The highest BCUT2D eigenvalue weighted by atomic mass is 15.2. The average molecular weight is 224 g/mol. The highest BCUT2D eigenvalue weighted by Gasteiger charge is 2.36. The molecule has 94 valence electrons. The van der Waals surface area contributed by atoms with Crippen molar-refractivity contribution in [2.24, 2.45) is 5.92 Å². The highest BCUT2D eigenvalue weighted by Crippen LogP contribution is 2.30. The van der Waals surface area contributed by atoms with Gasteiger partial charge in [0.1, 0.15) is 0 Å². The number of nitrogens with one attached hydrogen (secondary N) is 1. The molecule has 0 bridgehead atoms. The summed E-state index contributed by atoms with van der Waals surface area (Å²) in [6.07, 6.45) is 6.94. The molecule has 2 rings (SSSR count). The fourth-order valence-electron chi connectivity index (χ4n) is 3.07. The first-order valence-corrected chi connectivity index (χ1v) is 7.18. The number of hydrogen-bond donors (Lipinski definition) is 1. The van der Waals surface area contributed by atoms with Gasteiger partial charge >= 0.3 is 0 Å². The fourth-order valence-corrected chi connectivity index (χ4v) is 3.07. The lowest BCUT2D eigenvalue weighted by molar-refractivity contribution is 0.0538. The van der Waals surface area contributed by atoms with E-state index in [1.807, 2.05) is 0 Å². The summed E-state index contributed by atoms with van der Waals surface area (Å²) in [6, 6.07) is 0.729. The maximum atomic E-state index is 3.78. The Morgan fingerprint density at radius 3 is 2.44 bits per heavy atom. The van der Waals surface area contributed by atoms with Gasteiger partial charge in [-0.1, -0.05) is 20.3 Å². The molecule has 0 aromatic heterocycles. The lowest BCUT2D eigenvalue weighted by atomic mass is 9.83. The van der Waals surface area contributed by atoms with Gasteiger partial charge in [-0.15, -0.1) is 0 Å². The smallest absolute Gasteiger partial charge is 0.0304 e. The molecule has 2 nitrogen and oxygen atoms in total. The molecule has 0 radical (unpaired) electrons. The van der Waals surface area contributed by atoms with Gasteiger partial charge in [-0.2, -0.15) is 0 Å². The molecule has 2 fully saturated rings. The molecule has 1 saturated heterocycles. The Balaban J connectivity index is 1.93. The molecule has 1 N–H and O–H groups in total. The van der Waals surface area contributed by atoms with E-state index in [-0.39, 0.29) is 0 Å². The minimum absolute atomic E-state index is 0.399. The van der Waals surface area contributed by atoms with Gasteiger partial charge in [0.2, 0.25) is 0 Å². The van der Waals surface area contributed by atoms with Crippen LogP contribution in [0.2, 0.25) is 0 Å². The summed E-state index contributed by atoms with van der Waals surface area (Å²) < 4.78 is 0. The first kappa shape index (κ1) is 12.4. The molecule has 2 aliphatic rings. The maximum absolute atomic E-state index is 3.78. The van der Waals surface area contributed by atoms with E-state index >= 15 is 0 Å². The zero-order valence-electron chi connectivity index (χ0n) is 11.3. The normalized spacial score (nSPS) is 31.3. The Bertz CT molecular complexity index is 219. The van der Waals surface area contributed by atoms with Crippen molar-refractivity contribution >= 4 is 0 Å². The van der Waals surface area contributed by atoms with Gasteiger partial charge in [0.05, 0.1) is 0 Å². The van der Waals surface area contributed by atoms with Crippen molar-refractivity contribution in [3.05, 3.63) is 0 Å². The summed E-state index contributed by atoms with van der Waals surface area (Å²) >= 11 is 0. The van der Waals surface area contributed by atoms with Gasteiger partial charge < -0.3 is 5.32 Å². The van der Waals surface area contributed by atoms with Gasteiger partial charge in [0.15, 0.2) is 0 Å². The molecule has 1 aliphatic carbocycles. The Labute approximate surface area is 101 Å². The number of nitrogens with zero attached hydrogens (tertiary/aromatic N) is 1. The van der Waals surface area contributed by atoms with Crippen LogP contribution < -0.4 is 5.32 Å². The van der Waals surface area contributed by atoms with Crippen LogP contribution in [0.3, 0.4) is 0 Å². The van der Waals surface area contributed by atoms with Crippen LogP contribution in [0.5, 0.6) is 0 Å². The van der Waals surface area contributed by atoms with E-state index in [4.69, 9.17) is 0 Å². The van der Waals surface area contributed by atoms with Crippen molar-refractivity contribution in [3.8, 4) is 0 Å². The van der Waals surface area contributed by atoms with E-state index in [2.05, 4.69) is 31.0 Å². The quantitative estimate of drug-likeness (QED) is 0.790. The molecule has 1 saturated carbocycles. The third-order valence-electron chi connectivity index (χ3n) is 4.97. The second kappa shape index (κ2) is 5.05. The fraction of sp³-hybridized carbons (Fsp3) is 1.00. The Morgan fingerprint density at radius 2 is 1.94 bits per heavy atom. The SMILES string of the molecule is CCC1(CC)CN(CC2CCC2)C(C)CN1. The molecule has 0 aromatic rings. The first-order chi connectivity index (χ1) is 7.69. The predicted molar refractivity (Wildman–Crippen MR) is 69.7 cm³/mol. The third-order valence-corrected chi connectivity index (χ3v) is 4.97. The third kappa shape index (κ3) is 2.43. The molecule has 1 heterocycles. The minimum Gasteiger partial charge on any atom is -0.308 e. The van der Waals surface area contributed by atoms with Crippen LogP contribution in [0.15, 0.2) is 0 Å². The van der Waals surface area contributed by atoms with Gasteiger partial charge in [-0.25, -0.2) is 0 Å². The molecule has 16 heavy (non-hydrogen) atoms. The van der Waals surface area contributed by atoms with Crippen LogP contribution in [-0.4, -0.2) is 36.1 Å². The summed E-state index contributed by atoms with van der Waals surface area (Å²) in [5.41, 5.74) is 0.399. The van der Waals surface area contributed by atoms with E-state index in [1.54, 1.807) is 0 Å². The van der Waals surface area contributed by atoms with Gasteiger partial charge in [0, 0.05) is 31.2 Å². The lowest BCUT2D eigenvalue weighted by Gasteiger charge is -2.48. The minimum atomic E-state index is 0.399. The predicted octanol–water partition coefficient (Wildman–Crippen LogP) is 2.64. The number of piperazine rings is 1. The van der Waals surface area contributed by atoms with Crippen molar-refractivity contribution in [2.75, 3.05) is 19.6 Å². The monoisotopic (exact) mass is 224 g/mol. The van der Waals surface area contributed by atoms with Crippen molar-refractivity contribution in [1.82, 2.24) is 10.2 Å². The topological polar surface area (TPSA) is 15.3 Å². The molecular formula is C14H28N2. The standard InChI is InChI=1S/C14H28N2/c1-4-14(5-2)11-16(12(3)9-15-14)10-13-7-6-8-13/h12-13,15H,4-11H2,1-3H3. The van der Waals surface area contributed by atoms with E-state index in [9.17, 15) is 0 Å². The van der Waals surface area contributed by atoms with Crippen LogP contribution in [-0.2, 0) is 0 Å². The summed E-state index contributed by atoms with van der Waals surface area (Å²) in [4.78, 5) is 2.74. The average Bonchev–Trinajstić information content (AvgIpc) is 2.26. The van der Waals surface area contributed by atoms with Crippen LogP contribution >= 0.6 is 0 Å². The molecule has 0 spiro atoms. The second-order valence-corrected chi connectivity index (χ2v) is 5.94. The maximum Gasteiger partial charge on any atom is 0.0304 e.